The van der Waals surface area contributed by atoms with Crippen LogP contribution in [-0.2, 0) is 29.4 Å². The molecule has 0 aliphatic rings. The molecule has 0 radical (unpaired) electrons. The number of amides is 1. The number of hydrogen-bond donors (Lipinski definition) is 2. The molecule has 0 aliphatic heterocycles. The lowest BCUT2D eigenvalue weighted by atomic mass is 10.0. The fraction of sp³-hybridized carbons (Fsp3) is 0.688. The first-order valence-electron chi connectivity index (χ1n) is 7.83. The normalized spacial score (nSPS) is 12.7. The third kappa shape index (κ3) is 7.17. The molecule has 1 amide bonds. The lowest BCUT2D eigenvalue weighted by Gasteiger charge is -2.23. The van der Waals surface area contributed by atoms with Gasteiger partial charge in [0.2, 0.25) is 0 Å². The number of aromatic nitrogens is 2. The number of carboxylic acids is 1. The molecule has 1 aromatic rings. The van der Waals surface area contributed by atoms with Crippen molar-refractivity contribution in [2.75, 3.05) is 0 Å². The Morgan fingerprint density at radius 2 is 2.09 bits per heavy atom. The summed E-state index contributed by atoms with van der Waals surface area (Å²) in [4.78, 5) is 22.8. The first kappa shape index (κ1) is 19.0. The summed E-state index contributed by atoms with van der Waals surface area (Å²) in [6.07, 6.45) is 3.02. The van der Waals surface area contributed by atoms with Crippen LogP contribution >= 0.6 is 0 Å². The number of carbonyl (C=O) groups excluding carboxylic acids is 1. The van der Waals surface area contributed by atoms with Crippen LogP contribution in [-0.4, -0.2) is 38.6 Å². The van der Waals surface area contributed by atoms with Gasteiger partial charge in [-0.15, -0.1) is 0 Å². The summed E-state index contributed by atoms with van der Waals surface area (Å²) >= 11 is 0. The number of rotatable bonds is 7. The molecule has 1 heterocycles. The maximum absolute atomic E-state index is 12.0. The lowest BCUT2D eigenvalue weighted by molar-refractivity contribution is -0.137. The molecule has 7 heteroatoms. The van der Waals surface area contributed by atoms with Crippen LogP contribution in [0.3, 0.4) is 0 Å². The van der Waals surface area contributed by atoms with Crippen molar-refractivity contribution < 1.29 is 19.4 Å². The largest absolute Gasteiger partial charge is 0.481 e. The Morgan fingerprint density at radius 3 is 2.61 bits per heavy atom. The standard InChI is InChI=1S/C16H27N3O4/c1-6-13-11(10-19(5)18-13)9-12(7-8-14(20)21)17-15(22)23-16(2,3)4/h10,12H,6-9H2,1-5H3,(H,17,22)(H,20,21). The topological polar surface area (TPSA) is 93.5 Å². The Morgan fingerprint density at radius 1 is 1.43 bits per heavy atom. The molecular formula is C16H27N3O4. The Balaban J connectivity index is 2.79. The fourth-order valence-electron chi connectivity index (χ4n) is 2.31. The van der Waals surface area contributed by atoms with E-state index in [0.717, 1.165) is 17.7 Å². The molecule has 23 heavy (non-hydrogen) atoms. The van der Waals surface area contributed by atoms with E-state index in [0.29, 0.717) is 12.8 Å². The van der Waals surface area contributed by atoms with E-state index >= 15 is 0 Å². The van der Waals surface area contributed by atoms with Crippen LogP contribution in [0.25, 0.3) is 0 Å². The van der Waals surface area contributed by atoms with E-state index in [1.165, 1.54) is 0 Å². The minimum Gasteiger partial charge on any atom is -0.481 e. The van der Waals surface area contributed by atoms with E-state index in [1.54, 1.807) is 25.5 Å². The number of alkyl carbamates (subject to hydrolysis) is 1. The quantitative estimate of drug-likeness (QED) is 0.802. The minimum absolute atomic E-state index is 0.0117. The van der Waals surface area contributed by atoms with Gasteiger partial charge < -0.3 is 15.2 Å². The van der Waals surface area contributed by atoms with Gasteiger partial charge in [0.1, 0.15) is 5.60 Å². The van der Waals surface area contributed by atoms with Gasteiger partial charge in [-0.2, -0.15) is 5.10 Å². The fourth-order valence-corrected chi connectivity index (χ4v) is 2.31. The Labute approximate surface area is 137 Å². The molecule has 0 bridgehead atoms. The van der Waals surface area contributed by atoms with Gasteiger partial charge >= 0.3 is 12.1 Å². The second-order valence-corrected chi connectivity index (χ2v) is 6.61. The van der Waals surface area contributed by atoms with Gasteiger partial charge in [0.15, 0.2) is 0 Å². The molecule has 1 rings (SSSR count). The van der Waals surface area contributed by atoms with Crippen molar-refractivity contribution in [2.45, 2.75) is 65.0 Å². The number of nitrogens with one attached hydrogen (secondary N) is 1. The van der Waals surface area contributed by atoms with Gasteiger partial charge in [0.05, 0.1) is 5.69 Å². The van der Waals surface area contributed by atoms with E-state index < -0.39 is 17.7 Å². The van der Waals surface area contributed by atoms with Crippen LogP contribution in [0.4, 0.5) is 4.79 Å². The van der Waals surface area contributed by atoms with Crippen LogP contribution < -0.4 is 5.32 Å². The molecule has 7 nitrogen and oxygen atoms in total. The van der Waals surface area contributed by atoms with Gasteiger partial charge in [-0.1, -0.05) is 6.92 Å². The van der Waals surface area contributed by atoms with Gasteiger partial charge in [-0.25, -0.2) is 4.79 Å². The van der Waals surface area contributed by atoms with Crippen LogP contribution in [0.15, 0.2) is 6.20 Å². The molecule has 2 N–H and O–H groups in total. The predicted octanol–water partition coefficient (Wildman–Crippen LogP) is 2.28. The maximum atomic E-state index is 12.0. The smallest absolute Gasteiger partial charge is 0.407 e. The second-order valence-electron chi connectivity index (χ2n) is 6.61. The predicted molar refractivity (Wildman–Crippen MR) is 86.3 cm³/mol. The number of nitrogens with zero attached hydrogens (tertiary/aromatic N) is 2. The van der Waals surface area contributed by atoms with E-state index in [9.17, 15) is 9.59 Å². The highest BCUT2D eigenvalue weighted by Crippen LogP contribution is 2.14. The average molecular weight is 325 g/mol. The second kappa shape index (κ2) is 7.99. The number of carboxylic acid groups (broad SMARTS) is 1. The van der Waals surface area contributed by atoms with Crippen molar-refractivity contribution in [3.63, 3.8) is 0 Å². The number of carbonyl (C=O) groups is 2. The Hall–Kier alpha value is -2.05. The number of ether oxygens (including phenoxy) is 1. The van der Waals surface area contributed by atoms with Gasteiger partial charge in [0.25, 0.3) is 0 Å². The zero-order valence-corrected chi connectivity index (χ0v) is 14.5. The van der Waals surface area contributed by atoms with Crippen LogP contribution in [0.5, 0.6) is 0 Å². The summed E-state index contributed by atoms with van der Waals surface area (Å²) in [6, 6.07) is -0.310. The molecule has 130 valence electrons. The van der Waals surface area contributed by atoms with Gasteiger partial charge in [0, 0.05) is 25.7 Å². The highest BCUT2D eigenvalue weighted by atomic mass is 16.6. The van der Waals surface area contributed by atoms with Crippen molar-refractivity contribution in [3.05, 3.63) is 17.5 Å². The van der Waals surface area contributed by atoms with Crippen molar-refractivity contribution in [3.8, 4) is 0 Å². The summed E-state index contributed by atoms with van der Waals surface area (Å²) in [5, 5.41) is 16.0. The summed E-state index contributed by atoms with van der Waals surface area (Å²) in [7, 11) is 1.84. The van der Waals surface area contributed by atoms with Crippen molar-refractivity contribution in [1.82, 2.24) is 15.1 Å². The molecule has 0 aliphatic carbocycles. The molecule has 0 saturated heterocycles. The number of aliphatic carboxylic acids is 1. The lowest BCUT2D eigenvalue weighted by Crippen LogP contribution is -2.40. The third-order valence-electron chi connectivity index (χ3n) is 3.22. The molecule has 0 spiro atoms. The third-order valence-corrected chi connectivity index (χ3v) is 3.22. The molecule has 1 unspecified atom stereocenters. The SMILES string of the molecule is CCc1nn(C)cc1CC(CCC(=O)O)NC(=O)OC(C)(C)C. The van der Waals surface area contributed by atoms with E-state index in [-0.39, 0.29) is 12.5 Å². The highest BCUT2D eigenvalue weighted by Gasteiger charge is 2.21. The van der Waals surface area contributed by atoms with E-state index in [2.05, 4.69) is 10.4 Å². The first-order chi connectivity index (χ1) is 10.6. The molecule has 1 aromatic heterocycles. The van der Waals surface area contributed by atoms with Crippen LogP contribution in [0.1, 0.15) is 51.8 Å². The minimum atomic E-state index is -0.886. The summed E-state index contributed by atoms with van der Waals surface area (Å²) in [6.45, 7) is 7.37. The number of aryl methyl sites for hydroxylation is 2. The van der Waals surface area contributed by atoms with Crippen molar-refractivity contribution >= 4 is 12.1 Å². The molecule has 0 aromatic carbocycles. The Bertz CT molecular complexity index is 546. The zero-order chi connectivity index (χ0) is 17.6. The summed E-state index contributed by atoms with van der Waals surface area (Å²) in [5.41, 5.74) is 1.38. The zero-order valence-electron chi connectivity index (χ0n) is 14.5. The Kier molecular flexibility index (Phi) is 6.60. The molecule has 0 saturated carbocycles. The van der Waals surface area contributed by atoms with E-state index in [4.69, 9.17) is 9.84 Å². The highest BCUT2D eigenvalue weighted by molar-refractivity contribution is 5.69. The van der Waals surface area contributed by atoms with Gasteiger partial charge in [-0.05, 0) is 45.6 Å². The molecule has 0 fully saturated rings. The van der Waals surface area contributed by atoms with Crippen LogP contribution in [0, 0.1) is 0 Å². The average Bonchev–Trinajstić information content (AvgIpc) is 2.73. The van der Waals surface area contributed by atoms with E-state index in [1.807, 2.05) is 20.2 Å². The molecule has 1 atom stereocenters. The summed E-state index contributed by atoms with van der Waals surface area (Å²) < 4.78 is 6.99. The maximum Gasteiger partial charge on any atom is 0.407 e. The van der Waals surface area contributed by atoms with Gasteiger partial charge in [-0.3, -0.25) is 9.48 Å². The first-order valence-corrected chi connectivity index (χ1v) is 7.83. The number of hydrogen-bond acceptors (Lipinski definition) is 4. The van der Waals surface area contributed by atoms with Crippen molar-refractivity contribution in [1.29, 1.82) is 0 Å². The monoisotopic (exact) mass is 325 g/mol. The molecular weight excluding hydrogens is 298 g/mol. The van der Waals surface area contributed by atoms with Crippen LogP contribution in [0.2, 0.25) is 0 Å². The van der Waals surface area contributed by atoms with Crippen molar-refractivity contribution in [2.24, 2.45) is 7.05 Å². The summed E-state index contributed by atoms with van der Waals surface area (Å²) in [5.74, 6) is -0.886.